The van der Waals surface area contributed by atoms with Gasteiger partial charge in [-0.2, -0.15) is 9.97 Å². The molecule has 0 unspecified atom stereocenters. The lowest BCUT2D eigenvalue weighted by Crippen LogP contribution is -2.02. The largest absolute Gasteiger partial charge is 0.334 e. The van der Waals surface area contributed by atoms with E-state index in [0.717, 1.165) is 55.4 Å². The summed E-state index contributed by atoms with van der Waals surface area (Å²) >= 11 is 0. The summed E-state index contributed by atoms with van der Waals surface area (Å²) in [5.74, 6) is 1.66. The molecule has 0 spiro atoms. The molecule has 16 heteroatoms. The zero-order valence-corrected chi connectivity index (χ0v) is 29.7. The highest BCUT2D eigenvalue weighted by molar-refractivity contribution is 7.33. The molecule has 52 heavy (non-hydrogen) atoms. The van der Waals surface area contributed by atoms with Crippen molar-refractivity contribution in [1.82, 2.24) is 50.3 Å². The summed E-state index contributed by atoms with van der Waals surface area (Å²) in [6, 6.07) is 26.7. The molecule has 0 aliphatic rings. The van der Waals surface area contributed by atoms with Crippen LogP contribution < -0.4 is 0 Å². The highest BCUT2D eigenvalue weighted by atomic mass is 31.1. The second kappa shape index (κ2) is 14.0. The van der Waals surface area contributed by atoms with Crippen molar-refractivity contribution in [2.45, 2.75) is 53.0 Å². The van der Waals surface area contributed by atoms with Crippen LogP contribution in [0.5, 0.6) is 0 Å². The van der Waals surface area contributed by atoms with Gasteiger partial charge >= 0.3 is 8.25 Å². The Morgan fingerprint density at radius 3 is 1.40 bits per heavy atom. The summed E-state index contributed by atoms with van der Waals surface area (Å²) in [6.07, 6.45) is 0. The van der Waals surface area contributed by atoms with E-state index < -0.39 is 8.25 Å². The molecule has 0 aliphatic carbocycles. The number of rotatable bonds is 12. The highest BCUT2D eigenvalue weighted by Gasteiger charge is 2.16. The molecular formula is C36H33N10O5P. The Bertz CT molecular complexity index is 2350. The molecule has 0 bridgehead atoms. The van der Waals surface area contributed by atoms with Crippen LogP contribution in [0.25, 0.3) is 67.8 Å². The summed E-state index contributed by atoms with van der Waals surface area (Å²) in [6.45, 7) is 8.46. The second-order valence-electron chi connectivity index (χ2n) is 12.7. The molecule has 4 aromatic carbocycles. The van der Waals surface area contributed by atoms with Crippen molar-refractivity contribution in [2.75, 3.05) is 0 Å². The van der Waals surface area contributed by atoms with E-state index >= 15 is 0 Å². The molecule has 0 radical (unpaired) electrons. The van der Waals surface area contributed by atoms with Crippen molar-refractivity contribution in [2.24, 2.45) is 0 Å². The van der Waals surface area contributed by atoms with Gasteiger partial charge in [0.15, 0.2) is 0 Å². The average Bonchev–Trinajstić information content (AvgIpc) is 3.99. The quantitative estimate of drug-likeness (QED) is 0.112. The molecule has 0 atom stereocenters. The lowest BCUT2D eigenvalue weighted by atomic mass is 10.1. The Balaban J connectivity index is 0.826. The predicted molar refractivity (Wildman–Crippen MR) is 192 cm³/mol. The van der Waals surface area contributed by atoms with Gasteiger partial charge in [0.05, 0.1) is 24.2 Å². The Labute approximate surface area is 297 Å². The van der Waals surface area contributed by atoms with E-state index in [4.69, 9.17) is 18.1 Å². The van der Waals surface area contributed by atoms with E-state index in [9.17, 15) is 4.57 Å². The topological polar surface area (TPSA) is 175 Å². The van der Waals surface area contributed by atoms with Gasteiger partial charge in [0.25, 0.3) is 11.8 Å². The van der Waals surface area contributed by atoms with Gasteiger partial charge < -0.3 is 18.1 Å². The number of aromatic nitrogens is 10. The van der Waals surface area contributed by atoms with E-state index in [1.165, 1.54) is 0 Å². The van der Waals surface area contributed by atoms with Crippen LogP contribution in [0, 0.1) is 0 Å². The first kappa shape index (κ1) is 33.3. The monoisotopic (exact) mass is 716 g/mol. The first-order chi connectivity index (χ1) is 25.3. The molecule has 8 rings (SSSR count). The SMILES string of the molecule is CC(C)n1nnc2cc(-c3nc(-c4ccc(CO[PH](=O)OCc5ccc(-c6noc(-c7ccc8c(c7)nnn8C(C)C)n6)cc5)cc4)no3)ccc21. The fourth-order valence-corrected chi connectivity index (χ4v) is 6.31. The van der Waals surface area contributed by atoms with Crippen LogP contribution >= 0.6 is 8.25 Å². The van der Waals surface area contributed by atoms with Crippen molar-refractivity contribution in [3.63, 3.8) is 0 Å². The van der Waals surface area contributed by atoms with E-state index in [0.29, 0.717) is 23.4 Å². The summed E-state index contributed by atoms with van der Waals surface area (Å²) in [5.41, 5.74) is 8.08. The van der Waals surface area contributed by atoms with Gasteiger partial charge in [0.1, 0.15) is 11.0 Å². The van der Waals surface area contributed by atoms with E-state index in [2.05, 4.69) is 68.6 Å². The number of benzene rings is 4. The van der Waals surface area contributed by atoms with Crippen LogP contribution in [0.4, 0.5) is 0 Å². The summed E-state index contributed by atoms with van der Waals surface area (Å²) in [4.78, 5) is 9.12. The minimum Gasteiger partial charge on any atom is -0.334 e. The highest BCUT2D eigenvalue weighted by Crippen LogP contribution is 2.30. The minimum absolute atomic E-state index is 0.120. The normalized spacial score (nSPS) is 12.0. The van der Waals surface area contributed by atoms with Crippen LogP contribution in [-0.4, -0.2) is 50.3 Å². The zero-order chi connectivity index (χ0) is 35.8. The molecule has 8 aromatic rings. The molecule has 0 fully saturated rings. The van der Waals surface area contributed by atoms with Crippen molar-refractivity contribution in [3.8, 4) is 45.7 Å². The third-order valence-electron chi connectivity index (χ3n) is 8.40. The van der Waals surface area contributed by atoms with Crippen molar-refractivity contribution in [1.29, 1.82) is 0 Å². The van der Waals surface area contributed by atoms with Gasteiger partial charge in [0.2, 0.25) is 11.6 Å². The van der Waals surface area contributed by atoms with Gasteiger partial charge in [-0.1, -0.05) is 69.3 Å². The summed E-state index contributed by atoms with van der Waals surface area (Å²) in [5, 5.41) is 25.3. The van der Waals surface area contributed by atoms with E-state index in [1.807, 2.05) is 94.3 Å². The molecule has 0 amide bonds. The predicted octanol–water partition coefficient (Wildman–Crippen LogP) is 7.89. The summed E-state index contributed by atoms with van der Waals surface area (Å²) < 4.78 is 38.3. The van der Waals surface area contributed by atoms with Crippen molar-refractivity contribution in [3.05, 3.63) is 96.1 Å². The van der Waals surface area contributed by atoms with Gasteiger partial charge in [-0.05, 0) is 75.2 Å². The molecule has 4 heterocycles. The van der Waals surface area contributed by atoms with Gasteiger partial charge in [-0.15, -0.1) is 10.2 Å². The summed E-state index contributed by atoms with van der Waals surface area (Å²) in [7, 11) is -2.75. The minimum atomic E-state index is -2.75. The number of hydrogen-bond donors (Lipinski definition) is 0. The molecule has 15 nitrogen and oxygen atoms in total. The molecule has 0 N–H and O–H groups in total. The van der Waals surface area contributed by atoms with Crippen LogP contribution in [0.15, 0.2) is 94.0 Å². The molecule has 0 aliphatic heterocycles. The first-order valence-electron chi connectivity index (χ1n) is 16.7. The number of hydrogen-bond acceptors (Lipinski definition) is 13. The van der Waals surface area contributed by atoms with Crippen LogP contribution in [0.2, 0.25) is 0 Å². The van der Waals surface area contributed by atoms with Crippen molar-refractivity contribution >= 4 is 30.3 Å². The Morgan fingerprint density at radius 1 is 0.596 bits per heavy atom. The fraction of sp³-hybridized carbons (Fsp3) is 0.222. The van der Waals surface area contributed by atoms with Gasteiger partial charge in [-0.3, -0.25) is 4.57 Å². The number of fused-ring (bicyclic) bond motifs is 2. The fourth-order valence-electron chi connectivity index (χ4n) is 5.65. The zero-order valence-electron chi connectivity index (χ0n) is 28.7. The van der Waals surface area contributed by atoms with Crippen molar-refractivity contribution < 1.29 is 22.7 Å². The maximum atomic E-state index is 12.5. The molecule has 0 saturated heterocycles. The van der Waals surface area contributed by atoms with E-state index in [1.54, 1.807) is 0 Å². The molecular weight excluding hydrogens is 683 g/mol. The maximum Gasteiger partial charge on any atom is 0.319 e. The smallest absolute Gasteiger partial charge is 0.319 e. The van der Waals surface area contributed by atoms with Gasteiger partial charge in [-0.25, -0.2) is 9.36 Å². The molecule has 262 valence electrons. The van der Waals surface area contributed by atoms with Crippen LogP contribution in [-0.2, 0) is 26.8 Å². The second-order valence-corrected chi connectivity index (χ2v) is 13.8. The number of nitrogens with zero attached hydrogens (tertiary/aromatic N) is 10. The molecule has 0 saturated carbocycles. The Kier molecular flexibility index (Phi) is 8.97. The first-order valence-corrected chi connectivity index (χ1v) is 17.9. The standard InChI is InChI=1S/C36H33N10O5P/c1-21(2)45-31-15-13-27(17-29(31)39-43-45)35-37-33(41-50-35)25-9-5-23(6-10-25)19-48-52(47)49-20-24-7-11-26(12-8-24)34-38-36(51-42-34)28-14-16-32-30(18-28)40-44-46(32)22(3)4/h5-18,21-22,52H,19-20H2,1-4H3. The maximum absolute atomic E-state index is 12.5. The van der Waals surface area contributed by atoms with Gasteiger partial charge in [0, 0.05) is 34.3 Å². The Morgan fingerprint density at radius 2 is 1.00 bits per heavy atom. The lowest BCUT2D eigenvalue weighted by molar-refractivity contribution is 0.213. The Hall–Kier alpha value is -5.89. The van der Waals surface area contributed by atoms with Crippen LogP contribution in [0.1, 0.15) is 50.9 Å². The third kappa shape index (κ3) is 6.76. The third-order valence-corrected chi connectivity index (χ3v) is 9.16. The van der Waals surface area contributed by atoms with E-state index in [-0.39, 0.29) is 25.3 Å². The molecule has 4 aromatic heterocycles. The average molecular weight is 717 g/mol. The van der Waals surface area contributed by atoms with Crippen LogP contribution in [0.3, 0.4) is 0 Å². The lowest BCUT2D eigenvalue weighted by Gasteiger charge is -2.07.